The number of aromatic amines is 1. The van der Waals surface area contributed by atoms with Gasteiger partial charge in [0, 0.05) is 6.42 Å². The largest absolute Gasteiger partial charge is 0.395 e. The number of hydrogen-bond donors (Lipinski definition) is 3. The summed E-state index contributed by atoms with van der Waals surface area (Å²) in [6, 6.07) is 5.00. The van der Waals surface area contributed by atoms with Crippen molar-refractivity contribution in [3.8, 4) is 11.8 Å². The van der Waals surface area contributed by atoms with E-state index < -0.39 is 15.8 Å². The molecule has 0 amide bonds. The van der Waals surface area contributed by atoms with Crippen LogP contribution in [0.4, 0.5) is 10.1 Å². The van der Waals surface area contributed by atoms with Gasteiger partial charge in [-0.05, 0) is 24.3 Å². The SMILES string of the molecule is O=S(=O)(Nc1ccc(F)c(C#CCCO)c1)c1ccn[nH]1. The molecule has 0 aliphatic heterocycles. The van der Waals surface area contributed by atoms with Gasteiger partial charge in [-0.2, -0.15) is 13.5 Å². The lowest BCUT2D eigenvalue weighted by atomic mass is 10.2. The van der Waals surface area contributed by atoms with E-state index in [1.54, 1.807) is 0 Å². The van der Waals surface area contributed by atoms with E-state index >= 15 is 0 Å². The van der Waals surface area contributed by atoms with E-state index in [0.717, 1.165) is 6.07 Å². The lowest BCUT2D eigenvalue weighted by Crippen LogP contribution is -2.13. The Bertz CT molecular complexity index is 777. The number of rotatable bonds is 4. The molecule has 0 atom stereocenters. The minimum atomic E-state index is -3.80. The fourth-order valence-electron chi connectivity index (χ4n) is 1.50. The summed E-state index contributed by atoms with van der Waals surface area (Å²) in [6.07, 6.45) is 1.52. The third kappa shape index (κ3) is 3.81. The van der Waals surface area contributed by atoms with Gasteiger partial charge in [-0.3, -0.25) is 9.82 Å². The molecule has 2 rings (SSSR count). The number of H-pyrrole nitrogens is 1. The zero-order valence-electron chi connectivity index (χ0n) is 10.8. The fraction of sp³-hybridized carbons (Fsp3) is 0.154. The van der Waals surface area contributed by atoms with Gasteiger partial charge in [-0.25, -0.2) is 4.39 Å². The van der Waals surface area contributed by atoms with Crippen LogP contribution >= 0.6 is 0 Å². The van der Waals surface area contributed by atoms with Crippen LogP contribution in [0.25, 0.3) is 0 Å². The van der Waals surface area contributed by atoms with Crippen molar-refractivity contribution in [3.05, 3.63) is 41.8 Å². The molecule has 110 valence electrons. The quantitative estimate of drug-likeness (QED) is 0.737. The maximum atomic E-state index is 13.5. The molecule has 0 radical (unpaired) electrons. The molecular formula is C13H12FN3O3S. The zero-order chi connectivity index (χ0) is 15.3. The van der Waals surface area contributed by atoms with E-state index in [-0.39, 0.29) is 29.3 Å². The van der Waals surface area contributed by atoms with Crippen molar-refractivity contribution in [3.63, 3.8) is 0 Å². The van der Waals surface area contributed by atoms with Crippen LogP contribution in [0.2, 0.25) is 0 Å². The molecule has 8 heteroatoms. The molecule has 0 aliphatic carbocycles. The number of aliphatic hydroxyl groups excluding tert-OH is 1. The molecule has 0 spiro atoms. The number of aromatic nitrogens is 2. The van der Waals surface area contributed by atoms with Gasteiger partial charge >= 0.3 is 0 Å². The molecule has 21 heavy (non-hydrogen) atoms. The third-order valence-electron chi connectivity index (χ3n) is 2.44. The molecule has 0 aliphatic rings. The molecule has 3 N–H and O–H groups in total. The number of hydrogen-bond acceptors (Lipinski definition) is 4. The van der Waals surface area contributed by atoms with Crippen LogP contribution in [0.3, 0.4) is 0 Å². The Morgan fingerprint density at radius 3 is 2.86 bits per heavy atom. The molecule has 1 aromatic carbocycles. The molecule has 1 aromatic heterocycles. The summed E-state index contributed by atoms with van der Waals surface area (Å²) in [5.41, 5.74) is 0.229. The monoisotopic (exact) mass is 309 g/mol. The molecule has 0 fully saturated rings. The second-order valence-corrected chi connectivity index (χ2v) is 5.65. The van der Waals surface area contributed by atoms with E-state index in [1.807, 2.05) is 0 Å². The van der Waals surface area contributed by atoms with Gasteiger partial charge in [0.1, 0.15) is 5.82 Å². The Kier molecular flexibility index (Phi) is 4.57. The fourth-order valence-corrected chi connectivity index (χ4v) is 2.46. The summed E-state index contributed by atoms with van der Waals surface area (Å²) in [4.78, 5) is 0. The minimum Gasteiger partial charge on any atom is -0.395 e. The van der Waals surface area contributed by atoms with Crippen LogP contribution < -0.4 is 4.72 Å². The highest BCUT2D eigenvalue weighted by atomic mass is 32.2. The van der Waals surface area contributed by atoms with Crippen LogP contribution in [0.1, 0.15) is 12.0 Å². The molecule has 0 saturated heterocycles. The highest BCUT2D eigenvalue weighted by molar-refractivity contribution is 7.92. The summed E-state index contributed by atoms with van der Waals surface area (Å²) in [5.74, 6) is 4.55. The van der Waals surface area contributed by atoms with Crippen molar-refractivity contribution in [2.75, 3.05) is 11.3 Å². The van der Waals surface area contributed by atoms with Gasteiger partial charge < -0.3 is 5.11 Å². The zero-order valence-corrected chi connectivity index (χ0v) is 11.6. The van der Waals surface area contributed by atoms with Crippen molar-refractivity contribution in [2.45, 2.75) is 11.4 Å². The first-order valence-corrected chi connectivity index (χ1v) is 7.43. The summed E-state index contributed by atoms with van der Waals surface area (Å²) >= 11 is 0. The van der Waals surface area contributed by atoms with Gasteiger partial charge in [-0.1, -0.05) is 11.8 Å². The van der Waals surface area contributed by atoms with Crippen LogP contribution in [0.5, 0.6) is 0 Å². The third-order valence-corrected chi connectivity index (χ3v) is 3.75. The number of anilines is 1. The van der Waals surface area contributed by atoms with Gasteiger partial charge in [0.15, 0.2) is 5.03 Å². The first-order chi connectivity index (χ1) is 10.0. The van der Waals surface area contributed by atoms with E-state index in [1.165, 1.54) is 24.4 Å². The van der Waals surface area contributed by atoms with Crippen molar-refractivity contribution < 1.29 is 17.9 Å². The van der Waals surface area contributed by atoms with Crippen LogP contribution in [-0.4, -0.2) is 30.3 Å². The van der Waals surface area contributed by atoms with Gasteiger partial charge in [-0.15, -0.1) is 0 Å². The second-order valence-electron chi connectivity index (χ2n) is 4.00. The standard InChI is InChI=1S/C13H12FN3O3S/c14-12-5-4-11(9-10(12)3-1-2-8-18)17-21(19,20)13-6-7-15-16-13/h4-7,9,17-18H,2,8H2,(H,15,16). The lowest BCUT2D eigenvalue weighted by Gasteiger charge is -2.06. The summed E-state index contributed by atoms with van der Waals surface area (Å²) < 4.78 is 39.8. The van der Waals surface area contributed by atoms with Crippen LogP contribution in [0.15, 0.2) is 35.5 Å². The molecule has 0 unspecified atom stereocenters. The van der Waals surface area contributed by atoms with E-state index in [0.29, 0.717) is 0 Å². The number of aliphatic hydroxyl groups is 1. The van der Waals surface area contributed by atoms with Gasteiger partial charge in [0.05, 0.1) is 24.1 Å². The minimum absolute atomic E-state index is 0.0493. The Balaban J connectivity index is 2.26. The van der Waals surface area contributed by atoms with Crippen molar-refractivity contribution in [1.29, 1.82) is 0 Å². The van der Waals surface area contributed by atoms with Gasteiger partial charge in [0.25, 0.3) is 10.0 Å². The highest BCUT2D eigenvalue weighted by Crippen LogP contribution is 2.17. The van der Waals surface area contributed by atoms with Crippen molar-refractivity contribution in [1.82, 2.24) is 10.2 Å². The van der Waals surface area contributed by atoms with Crippen molar-refractivity contribution in [2.24, 2.45) is 0 Å². The van der Waals surface area contributed by atoms with E-state index in [9.17, 15) is 12.8 Å². The predicted octanol–water partition coefficient (Wildman–Crippen LogP) is 1.08. The molecule has 0 saturated carbocycles. The molecule has 2 aromatic rings. The Labute approximate surface area is 121 Å². The first-order valence-electron chi connectivity index (χ1n) is 5.94. The normalized spacial score (nSPS) is 10.8. The predicted molar refractivity (Wildman–Crippen MR) is 74.4 cm³/mol. The molecule has 1 heterocycles. The summed E-state index contributed by atoms with van der Waals surface area (Å²) in [7, 11) is -3.80. The first kappa shape index (κ1) is 15.0. The number of benzene rings is 1. The van der Waals surface area contributed by atoms with E-state index in [2.05, 4.69) is 26.8 Å². The maximum Gasteiger partial charge on any atom is 0.278 e. The van der Waals surface area contributed by atoms with E-state index in [4.69, 9.17) is 5.11 Å². The summed E-state index contributed by atoms with van der Waals surface area (Å²) in [6.45, 7) is -0.124. The topological polar surface area (TPSA) is 95.1 Å². The number of nitrogens with zero attached hydrogens (tertiary/aromatic N) is 1. The Hall–Kier alpha value is -2.37. The number of sulfonamides is 1. The average Bonchev–Trinajstić information content (AvgIpc) is 2.97. The van der Waals surface area contributed by atoms with Crippen molar-refractivity contribution >= 4 is 15.7 Å². The van der Waals surface area contributed by atoms with Crippen LogP contribution in [-0.2, 0) is 10.0 Å². The number of nitrogens with one attached hydrogen (secondary N) is 2. The van der Waals surface area contributed by atoms with Gasteiger partial charge in [0.2, 0.25) is 0 Å². The molecule has 0 bridgehead atoms. The molecular weight excluding hydrogens is 297 g/mol. The smallest absolute Gasteiger partial charge is 0.278 e. The Morgan fingerprint density at radius 2 is 2.19 bits per heavy atom. The molecule has 6 nitrogen and oxygen atoms in total. The summed E-state index contributed by atoms with van der Waals surface area (Å²) in [5, 5.41) is 14.4. The second kappa shape index (κ2) is 6.39. The lowest BCUT2D eigenvalue weighted by molar-refractivity contribution is 0.305. The number of halogens is 1. The highest BCUT2D eigenvalue weighted by Gasteiger charge is 2.16. The van der Waals surface area contributed by atoms with Crippen LogP contribution in [0, 0.1) is 17.7 Å². The Morgan fingerprint density at radius 1 is 1.38 bits per heavy atom. The average molecular weight is 309 g/mol. The maximum absolute atomic E-state index is 13.5.